The summed E-state index contributed by atoms with van der Waals surface area (Å²) in [7, 11) is 0. The third-order valence-corrected chi connectivity index (χ3v) is 0.522. The van der Waals surface area contributed by atoms with Crippen LogP contribution in [0.3, 0.4) is 0 Å². The SMILES string of the molecule is Fc1[c]ccn[c]1. The minimum absolute atomic E-state index is 0.539. The second-order valence-electron chi connectivity index (χ2n) is 1.01. The van der Waals surface area contributed by atoms with Crippen LogP contribution in [0.25, 0.3) is 0 Å². The fourth-order valence-corrected chi connectivity index (χ4v) is 0.274. The summed E-state index contributed by atoms with van der Waals surface area (Å²) in [5, 5.41) is 0. The first-order valence-corrected chi connectivity index (χ1v) is 1.79. The standard InChI is InChI=1S/C5H2FN/c6-5-2-1-3-7-4-5/h1,3H. The Hall–Kier alpha value is -0.920. The molecule has 2 radical (unpaired) electrons. The zero-order valence-corrected chi connectivity index (χ0v) is 3.48. The molecule has 0 bridgehead atoms. The Morgan fingerprint density at radius 2 is 2.57 bits per heavy atom. The third-order valence-electron chi connectivity index (χ3n) is 0.522. The number of pyridine rings is 1. The molecule has 7 heavy (non-hydrogen) atoms. The maximum absolute atomic E-state index is 11.7. The summed E-state index contributed by atoms with van der Waals surface area (Å²) >= 11 is 0. The van der Waals surface area contributed by atoms with Gasteiger partial charge in [0.15, 0.2) is 5.82 Å². The fraction of sp³-hybridized carbons (Fsp3) is 0. The van der Waals surface area contributed by atoms with Crippen LogP contribution >= 0.6 is 0 Å². The lowest BCUT2D eigenvalue weighted by Gasteiger charge is -1.75. The predicted molar refractivity (Wildman–Crippen MR) is 21.9 cm³/mol. The van der Waals surface area contributed by atoms with Crippen molar-refractivity contribution in [3.05, 3.63) is 30.3 Å². The third kappa shape index (κ3) is 0.961. The van der Waals surface area contributed by atoms with Crippen molar-refractivity contribution in [2.24, 2.45) is 0 Å². The van der Waals surface area contributed by atoms with Gasteiger partial charge >= 0.3 is 0 Å². The summed E-state index contributed by atoms with van der Waals surface area (Å²) in [4.78, 5) is 3.35. The minimum atomic E-state index is -0.539. The van der Waals surface area contributed by atoms with Crippen molar-refractivity contribution in [3.8, 4) is 0 Å². The topological polar surface area (TPSA) is 12.9 Å². The largest absolute Gasteiger partial charge is 0.251 e. The predicted octanol–water partition coefficient (Wildman–Crippen LogP) is 0.821. The molecule has 0 aliphatic carbocycles. The summed E-state index contributed by atoms with van der Waals surface area (Å²) in [5.41, 5.74) is 0. The highest BCUT2D eigenvalue weighted by Gasteiger charge is 1.81. The summed E-state index contributed by atoms with van der Waals surface area (Å²) in [6.45, 7) is 0. The van der Waals surface area contributed by atoms with Crippen molar-refractivity contribution in [2.75, 3.05) is 0 Å². The normalized spacial score (nSPS) is 8.71. The lowest BCUT2D eigenvalue weighted by atomic mass is 10.5. The van der Waals surface area contributed by atoms with Gasteiger partial charge in [0.25, 0.3) is 0 Å². The van der Waals surface area contributed by atoms with Crippen molar-refractivity contribution < 1.29 is 4.39 Å². The highest BCUT2D eigenvalue weighted by atomic mass is 19.1. The first kappa shape index (κ1) is 4.24. The summed E-state index contributed by atoms with van der Waals surface area (Å²) in [5.74, 6) is -0.539. The van der Waals surface area contributed by atoms with Gasteiger partial charge in [-0.25, -0.2) is 4.39 Å². The molecule has 0 saturated carbocycles. The van der Waals surface area contributed by atoms with Gasteiger partial charge in [0.2, 0.25) is 0 Å². The molecule has 0 aliphatic rings. The number of halogens is 1. The van der Waals surface area contributed by atoms with Crippen molar-refractivity contribution >= 4 is 0 Å². The molecule has 0 aromatic carbocycles. The van der Waals surface area contributed by atoms with Crippen LogP contribution in [0.5, 0.6) is 0 Å². The van der Waals surface area contributed by atoms with Crippen molar-refractivity contribution in [2.45, 2.75) is 0 Å². The zero-order chi connectivity index (χ0) is 5.11. The van der Waals surface area contributed by atoms with Crippen molar-refractivity contribution in [1.82, 2.24) is 4.98 Å². The first-order valence-electron chi connectivity index (χ1n) is 1.79. The van der Waals surface area contributed by atoms with Gasteiger partial charge < -0.3 is 0 Å². The number of aromatic nitrogens is 1. The van der Waals surface area contributed by atoms with E-state index in [4.69, 9.17) is 0 Å². The van der Waals surface area contributed by atoms with Gasteiger partial charge in [-0.2, -0.15) is 0 Å². The Morgan fingerprint density at radius 3 is 2.86 bits per heavy atom. The van der Waals surface area contributed by atoms with Gasteiger partial charge in [-0.1, -0.05) is 0 Å². The Bertz CT molecular complexity index is 138. The second kappa shape index (κ2) is 1.69. The van der Waals surface area contributed by atoms with E-state index >= 15 is 0 Å². The summed E-state index contributed by atoms with van der Waals surface area (Å²) in [6, 6.07) is 3.64. The second-order valence-corrected chi connectivity index (χ2v) is 1.01. The van der Waals surface area contributed by atoms with E-state index in [-0.39, 0.29) is 0 Å². The maximum atomic E-state index is 11.7. The maximum Gasteiger partial charge on any atom is 0.159 e. The van der Waals surface area contributed by atoms with Gasteiger partial charge in [0.1, 0.15) is 6.20 Å². The molecule has 0 atom stereocenters. The minimum Gasteiger partial charge on any atom is -0.251 e. The molecule has 1 nitrogen and oxygen atoms in total. The van der Waals surface area contributed by atoms with Gasteiger partial charge in [0, 0.05) is 12.3 Å². The van der Waals surface area contributed by atoms with E-state index in [0.29, 0.717) is 0 Å². The molecule has 0 saturated heterocycles. The number of hydrogen-bond acceptors (Lipinski definition) is 1. The molecule has 0 amide bonds. The van der Waals surface area contributed by atoms with E-state index in [1.807, 2.05) is 0 Å². The van der Waals surface area contributed by atoms with Crippen LogP contribution < -0.4 is 0 Å². The number of nitrogens with zero attached hydrogens (tertiary/aromatic N) is 1. The Labute approximate surface area is 40.8 Å². The van der Waals surface area contributed by atoms with Crippen LogP contribution in [0, 0.1) is 18.1 Å². The first-order chi connectivity index (χ1) is 3.39. The van der Waals surface area contributed by atoms with E-state index in [0.717, 1.165) is 0 Å². The molecule has 1 aromatic heterocycles. The van der Waals surface area contributed by atoms with E-state index < -0.39 is 5.82 Å². The molecule has 0 unspecified atom stereocenters. The molecule has 0 spiro atoms. The van der Waals surface area contributed by atoms with Crippen LogP contribution in [-0.4, -0.2) is 4.98 Å². The zero-order valence-electron chi connectivity index (χ0n) is 3.48. The van der Waals surface area contributed by atoms with Crippen LogP contribution in [-0.2, 0) is 0 Å². The monoisotopic (exact) mass is 95.0 g/mol. The molecular weight excluding hydrogens is 93.1 g/mol. The molecule has 0 N–H and O–H groups in total. The van der Waals surface area contributed by atoms with E-state index in [1.54, 1.807) is 0 Å². The lowest BCUT2D eigenvalue weighted by Crippen LogP contribution is -1.72. The smallest absolute Gasteiger partial charge is 0.159 e. The Kier molecular flexibility index (Phi) is 1.02. The molecule has 2 heteroatoms. The van der Waals surface area contributed by atoms with Crippen LogP contribution in [0.15, 0.2) is 12.3 Å². The molecular formula is C5H2FN. The van der Waals surface area contributed by atoms with Crippen LogP contribution in [0.2, 0.25) is 0 Å². The van der Waals surface area contributed by atoms with E-state index in [1.165, 1.54) is 12.3 Å². The van der Waals surface area contributed by atoms with Crippen LogP contribution in [0.4, 0.5) is 4.39 Å². The molecule has 1 rings (SSSR count). The quantitative estimate of drug-likeness (QED) is 0.465. The number of hydrogen-bond donors (Lipinski definition) is 0. The highest BCUT2D eigenvalue weighted by Crippen LogP contribution is 1.85. The van der Waals surface area contributed by atoms with Crippen molar-refractivity contribution in [1.29, 1.82) is 0 Å². The summed E-state index contributed by atoms with van der Waals surface area (Å²) in [6.07, 6.45) is 3.48. The number of rotatable bonds is 0. The van der Waals surface area contributed by atoms with E-state index in [9.17, 15) is 4.39 Å². The average Bonchev–Trinajstić information content (AvgIpc) is 1.69. The fourth-order valence-electron chi connectivity index (χ4n) is 0.274. The van der Waals surface area contributed by atoms with Gasteiger partial charge in [-0.3, -0.25) is 4.98 Å². The molecule has 34 valence electrons. The lowest BCUT2D eigenvalue weighted by molar-refractivity contribution is 0.616. The average molecular weight is 95.1 g/mol. The summed E-state index contributed by atoms with van der Waals surface area (Å²) < 4.78 is 11.7. The molecule has 0 fully saturated rings. The van der Waals surface area contributed by atoms with Gasteiger partial charge in [-0.15, -0.1) is 0 Å². The van der Waals surface area contributed by atoms with Gasteiger partial charge in [-0.05, 0) is 6.07 Å². The molecule has 1 heterocycles. The Morgan fingerprint density at radius 1 is 1.71 bits per heavy atom. The Balaban J connectivity index is 3.02. The molecule has 1 aromatic rings. The van der Waals surface area contributed by atoms with Crippen molar-refractivity contribution in [3.63, 3.8) is 0 Å². The van der Waals surface area contributed by atoms with Gasteiger partial charge in [0.05, 0.1) is 0 Å². The highest BCUT2D eigenvalue weighted by molar-refractivity contribution is 4.88. The molecule has 0 aliphatic heterocycles. The van der Waals surface area contributed by atoms with Crippen LogP contribution in [0.1, 0.15) is 0 Å². The van der Waals surface area contributed by atoms with E-state index in [2.05, 4.69) is 17.2 Å².